The fourth-order valence-electron chi connectivity index (χ4n) is 2.64. The lowest BCUT2D eigenvalue weighted by Crippen LogP contribution is -2.05. The molecule has 2 aromatic rings. The number of fused-ring (bicyclic) bond motifs is 1. The first-order valence-corrected chi connectivity index (χ1v) is 6.24. The van der Waals surface area contributed by atoms with E-state index in [-0.39, 0.29) is 0 Å². The second-order valence-corrected chi connectivity index (χ2v) is 4.50. The van der Waals surface area contributed by atoms with Gasteiger partial charge in [-0.25, -0.2) is 0 Å². The van der Waals surface area contributed by atoms with Crippen molar-refractivity contribution in [3.8, 4) is 11.1 Å². The summed E-state index contributed by atoms with van der Waals surface area (Å²) in [6.45, 7) is 1.72. The van der Waals surface area contributed by atoms with Crippen LogP contribution in [-0.2, 0) is 19.4 Å². The zero-order chi connectivity index (χ0) is 11.7. The number of hydrogen-bond donors (Lipinski definition) is 1. The maximum Gasteiger partial charge on any atom is 0.0718 e. The van der Waals surface area contributed by atoms with E-state index in [2.05, 4.69) is 35.0 Å². The van der Waals surface area contributed by atoms with Crippen molar-refractivity contribution in [2.75, 3.05) is 6.54 Å². The fourth-order valence-corrected chi connectivity index (χ4v) is 2.64. The Morgan fingerprint density at radius 3 is 2.82 bits per heavy atom. The van der Waals surface area contributed by atoms with Crippen LogP contribution in [0.1, 0.15) is 17.8 Å². The van der Waals surface area contributed by atoms with Crippen LogP contribution in [0.3, 0.4) is 0 Å². The first-order chi connectivity index (χ1) is 8.40. The van der Waals surface area contributed by atoms with Crippen molar-refractivity contribution in [3.63, 3.8) is 0 Å². The zero-order valence-corrected chi connectivity index (χ0v) is 9.89. The molecular formula is C14H17N3. The Balaban J connectivity index is 2.13. The van der Waals surface area contributed by atoms with E-state index >= 15 is 0 Å². The monoisotopic (exact) mass is 227 g/mol. The average molecular weight is 227 g/mol. The molecule has 1 aliphatic heterocycles. The molecule has 1 aromatic heterocycles. The van der Waals surface area contributed by atoms with Crippen LogP contribution >= 0.6 is 0 Å². The van der Waals surface area contributed by atoms with Gasteiger partial charge in [-0.05, 0) is 24.9 Å². The van der Waals surface area contributed by atoms with Crippen molar-refractivity contribution >= 4 is 0 Å². The van der Waals surface area contributed by atoms with Crippen LogP contribution in [-0.4, -0.2) is 16.3 Å². The largest absolute Gasteiger partial charge is 0.330 e. The maximum atomic E-state index is 5.68. The van der Waals surface area contributed by atoms with Gasteiger partial charge in [-0.2, -0.15) is 5.10 Å². The van der Waals surface area contributed by atoms with Gasteiger partial charge in [0.25, 0.3) is 0 Å². The Bertz CT molecular complexity index is 514. The summed E-state index contributed by atoms with van der Waals surface area (Å²) in [6, 6.07) is 10.5. The summed E-state index contributed by atoms with van der Waals surface area (Å²) >= 11 is 0. The van der Waals surface area contributed by atoms with E-state index in [9.17, 15) is 0 Å². The minimum Gasteiger partial charge on any atom is -0.330 e. The van der Waals surface area contributed by atoms with Crippen LogP contribution in [0.5, 0.6) is 0 Å². The molecule has 3 rings (SSSR count). The molecule has 0 saturated heterocycles. The Hall–Kier alpha value is -1.61. The van der Waals surface area contributed by atoms with Gasteiger partial charge in [0, 0.05) is 24.2 Å². The van der Waals surface area contributed by atoms with Gasteiger partial charge in [0.2, 0.25) is 0 Å². The smallest absolute Gasteiger partial charge is 0.0718 e. The summed E-state index contributed by atoms with van der Waals surface area (Å²) in [6.07, 6.45) is 3.22. The van der Waals surface area contributed by atoms with Crippen LogP contribution in [0.15, 0.2) is 30.3 Å². The average Bonchev–Trinajstić information content (AvgIpc) is 2.90. The molecule has 1 aromatic carbocycles. The van der Waals surface area contributed by atoms with Crippen LogP contribution in [0.4, 0.5) is 0 Å². The van der Waals surface area contributed by atoms with E-state index in [1.165, 1.54) is 23.2 Å². The number of benzene rings is 1. The molecule has 0 fully saturated rings. The highest BCUT2D eigenvalue weighted by Gasteiger charge is 2.21. The van der Waals surface area contributed by atoms with Gasteiger partial charge >= 0.3 is 0 Å². The molecule has 0 amide bonds. The molecule has 0 bridgehead atoms. The van der Waals surface area contributed by atoms with E-state index < -0.39 is 0 Å². The molecule has 1 aliphatic rings. The third-order valence-electron chi connectivity index (χ3n) is 3.36. The first-order valence-electron chi connectivity index (χ1n) is 6.24. The number of aromatic nitrogens is 2. The Morgan fingerprint density at radius 2 is 2.06 bits per heavy atom. The molecular weight excluding hydrogens is 210 g/mol. The number of rotatable bonds is 3. The molecule has 17 heavy (non-hydrogen) atoms. The highest BCUT2D eigenvalue weighted by Crippen LogP contribution is 2.31. The Morgan fingerprint density at radius 1 is 1.24 bits per heavy atom. The number of nitrogens with zero attached hydrogens (tertiary/aromatic N) is 2. The highest BCUT2D eigenvalue weighted by molar-refractivity contribution is 5.69. The van der Waals surface area contributed by atoms with Crippen molar-refractivity contribution in [1.29, 1.82) is 0 Å². The van der Waals surface area contributed by atoms with Crippen LogP contribution < -0.4 is 5.73 Å². The van der Waals surface area contributed by atoms with E-state index in [0.717, 1.165) is 25.1 Å². The SMILES string of the molecule is NCCc1nn2c(c1-c1ccccc1)CCC2. The summed E-state index contributed by atoms with van der Waals surface area (Å²) in [5, 5.41) is 4.69. The molecule has 3 nitrogen and oxygen atoms in total. The normalized spacial score (nSPS) is 13.9. The Kier molecular flexibility index (Phi) is 2.69. The van der Waals surface area contributed by atoms with Gasteiger partial charge in [0.05, 0.1) is 5.69 Å². The van der Waals surface area contributed by atoms with Gasteiger partial charge < -0.3 is 5.73 Å². The molecule has 2 heterocycles. The number of aryl methyl sites for hydroxylation is 1. The molecule has 88 valence electrons. The molecule has 0 spiro atoms. The van der Waals surface area contributed by atoms with Crippen LogP contribution in [0, 0.1) is 0 Å². The molecule has 3 heteroatoms. The minimum atomic E-state index is 0.663. The molecule has 0 atom stereocenters. The van der Waals surface area contributed by atoms with Gasteiger partial charge in [0.1, 0.15) is 0 Å². The molecule has 2 N–H and O–H groups in total. The lowest BCUT2D eigenvalue weighted by molar-refractivity contribution is 0.643. The highest BCUT2D eigenvalue weighted by atomic mass is 15.3. The number of nitrogens with two attached hydrogens (primary N) is 1. The third kappa shape index (κ3) is 1.76. The van der Waals surface area contributed by atoms with Crippen molar-refractivity contribution in [2.24, 2.45) is 5.73 Å². The maximum absolute atomic E-state index is 5.68. The topological polar surface area (TPSA) is 43.8 Å². The second-order valence-electron chi connectivity index (χ2n) is 4.50. The third-order valence-corrected chi connectivity index (χ3v) is 3.36. The molecule has 0 unspecified atom stereocenters. The van der Waals surface area contributed by atoms with Gasteiger partial charge in [-0.15, -0.1) is 0 Å². The lowest BCUT2D eigenvalue weighted by atomic mass is 10.0. The molecule has 0 saturated carbocycles. The van der Waals surface area contributed by atoms with Crippen LogP contribution in [0.2, 0.25) is 0 Å². The van der Waals surface area contributed by atoms with Gasteiger partial charge in [-0.3, -0.25) is 4.68 Å². The van der Waals surface area contributed by atoms with Crippen LogP contribution in [0.25, 0.3) is 11.1 Å². The van der Waals surface area contributed by atoms with Gasteiger partial charge in [-0.1, -0.05) is 30.3 Å². The van der Waals surface area contributed by atoms with E-state index in [1.54, 1.807) is 0 Å². The van der Waals surface area contributed by atoms with Crippen molar-refractivity contribution < 1.29 is 0 Å². The predicted octanol–water partition coefficient (Wildman–Crippen LogP) is 2.00. The number of hydrogen-bond acceptors (Lipinski definition) is 2. The summed E-state index contributed by atoms with van der Waals surface area (Å²) in [7, 11) is 0. The van der Waals surface area contributed by atoms with Crippen molar-refractivity contribution in [3.05, 3.63) is 41.7 Å². The zero-order valence-electron chi connectivity index (χ0n) is 9.89. The van der Waals surface area contributed by atoms with E-state index in [1.807, 2.05) is 0 Å². The Labute approximate surface area is 101 Å². The van der Waals surface area contributed by atoms with Crippen molar-refractivity contribution in [2.45, 2.75) is 25.8 Å². The lowest BCUT2D eigenvalue weighted by Gasteiger charge is -2.04. The summed E-state index contributed by atoms with van der Waals surface area (Å²) in [4.78, 5) is 0. The molecule has 0 aliphatic carbocycles. The van der Waals surface area contributed by atoms with E-state index in [0.29, 0.717) is 6.54 Å². The van der Waals surface area contributed by atoms with E-state index in [4.69, 9.17) is 10.8 Å². The predicted molar refractivity (Wildman–Crippen MR) is 68.7 cm³/mol. The van der Waals surface area contributed by atoms with Gasteiger partial charge in [0.15, 0.2) is 0 Å². The molecule has 0 radical (unpaired) electrons. The standard InChI is InChI=1S/C14H17N3/c15-9-8-12-14(11-5-2-1-3-6-11)13-7-4-10-17(13)16-12/h1-3,5-6H,4,7-10,15H2. The summed E-state index contributed by atoms with van der Waals surface area (Å²) in [5.74, 6) is 0. The fraction of sp³-hybridized carbons (Fsp3) is 0.357. The van der Waals surface area contributed by atoms with Crippen molar-refractivity contribution in [1.82, 2.24) is 9.78 Å². The first kappa shape index (κ1) is 10.5. The minimum absolute atomic E-state index is 0.663. The summed E-state index contributed by atoms with van der Waals surface area (Å²) < 4.78 is 2.16. The quantitative estimate of drug-likeness (QED) is 0.871. The second kappa shape index (κ2) is 4.34. The summed E-state index contributed by atoms with van der Waals surface area (Å²) in [5.41, 5.74) is 10.8.